The minimum Gasteiger partial charge on any atom is -0.465 e. The van der Waals surface area contributed by atoms with E-state index in [0.29, 0.717) is 27.7 Å². The number of thiophene rings is 1. The molecule has 0 fully saturated rings. The maximum atomic E-state index is 12.0. The number of ether oxygens (including phenoxy) is 1. The fourth-order valence-electron chi connectivity index (χ4n) is 3.42. The van der Waals surface area contributed by atoms with Gasteiger partial charge >= 0.3 is 11.7 Å². The molecule has 160 valence electrons. The van der Waals surface area contributed by atoms with Crippen LogP contribution >= 0.6 is 11.3 Å². The predicted molar refractivity (Wildman–Crippen MR) is 116 cm³/mol. The van der Waals surface area contributed by atoms with Crippen LogP contribution in [0.25, 0.3) is 27.3 Å². The summed E-state index contributed by atoms with van der Waals surface area (Å²) in [6, 6.07) is 7.56. The molecule has 0 aliphatic carbocycles. The van der Waals surface area contributed by atoms with Crippen molar-refractivity contribution in [2.75, 3.05) is 7.11 Å². The molecule has 5 aromatic rings. The monoisotopic (exact) mass is 449 g/mol. The summed E-state index contributed by atoms with van der Waals surface area (Å²) in [5.74, 6) is 0.118. The van der Waals surface area contributed by atoms with E-state index in [1.54, 1.807) is 10.8 Å². The second kappa shape index (κ2) is 7.50. The summed E-state index contributed by atoms with van der Waals surface area (Å²) in [6.07, 6.45) is 4.19. The summed E-state index contributed by atoms with van der Waals surface area (Å²) in [7, 11) is 1.35. The zero-order chi connectivity index (χ0) is 22.4. The number of fused-ring (bicyclic) bond motifs is 3. The summed E-state index contributed by atoms with van der Waals surface area (Å²) in [5, 5.41) is 20.1. The molecule has 5 rings (SSSR count). The fraction of sp³-hybridized carbons (Fsp3) is 0.150. The first-order valence-corrected chi connectivity index (χ1v) is 10.2. The minimum absolute atomic E-state index is 0.0467. The van der Waals surface area contributed by atoms with Gasteiger partial charge in [-0.25, -0.2) is 19.3 Å². The van der Waals surface area contributed by atoms with Crippen LogP contribution in [0.15, 0.2) is 43.0 Å². The quantitative estimate of drug-likeness (QED) is 0.227. The number of nitrogens with zero attached hydrogens (tertiary/aromatic N) is 7. The molecule has 0 amide bonds. The molecule has 32 heavy (non-hydrogen) atoms. The van der Waals surface area contributed by atoms with Crippen LogP contribution < -0.4 is 0 Å². The summed E-state index contributed by atoms with van der Waals surface area (Å²) in [4.78, 5) is 32.6. The van der Waals surface area contributed by atoms with Crippen molar-refractivity contribution in [3.05, 3.63) is 69.1 Å². The zero-order valence-electron chi connectivity index (χ0n) is 16.9. The van der Waals surface area contributed by atoms with Crippen LogP contribution in [0.3, 0.4) is 0 Å². The Balaban J connectivity index is 1.47. The molecule has 11 nitrogen and oxygen atoms in total. The van der Waals surface area contributed by atoms with E-state index >= 15 is 0 Å². The molecule has 0 spiro atoms. The van der Waals surface area contributed by atoms with Crippen molar-refractivity contribution < 1.29 is 14.5 Å². The summed E-state index contributed by atoms with van der Waals surface area (Å²) in [6.45, 7) is 2.25. The third-order valence-corrected chi connectivity index (χ3v) is 6.21. The lowest BCUT2D eigenvalue weighted by atomic mass is 10.1. The molecule has 4 heterocycles. The Bertz CT molecular complexity index is 1500. The molecule has 4 aromatic heterocycles. The Kier molecular flexibility index (Phi) is 4.63. The Morgan fingerprint density at radius 3 is 2.75 bits per heavy atom. The lowest BCUT2D eigenvalue weighted by molar-refractivity contribution is -0.385. The highest BCUT2D eigenvalue weighted by Gasteiger charge is 2.21. The molecule has 0 saturated heterocycles. The molecular formula is C20H15N7O4S. The fourth-order valence-corrected chi connectivity index (χ4v) is 4.48. The van der Waals surface area contributed by atoms with Crippen molar-refractivity contribution in [2.24, 2.45) is 0 Å². The van der Waals surface area contributed by atoms with Gasteiger partial charge in [0.25, 0.3) is 0 Å². The molecule has 1 aromatic carbocycles. The van der Waals surface area contributed by atoms with Crippen molar-refractivity contribution in [1.82, 2.24) is 29.4 Å². The van der Waals surface area contributed by atoms with Crippen LogP contribution in [0.5, 0.6) is 0 Å². The van der Waals surface area contributed by atoms with Crippen molar-refractivity contribution >= 4 is 38.9 Å². The first-order valence-electron chi connectivity index (χ1n) is 9.43. The number of esters is 1. The Morgan fingerprint density at radius 2 is 2.06 bits per heavy atom. The van der Waals surface area contributed by atoms with Crippen LogP contribution in [0.2, 0.25) is 0 Å². The second-order valence-corrected chi connectivity index (χ2v) is 8.03. The summed E-state index contributed by atoms with van der Waals surface area (Å²) in [5.41, 5.74) is 3.06. The Hall–Kier alpha value is -4.19. The number of hydrogen-bond acceptors (Lipinski definition) is 9. The van der Waals surface area contributed by atoms with Crippen LogP contribution in [0, 0.1) is 17.0 Å². The number of carbonyl (C=O) groups excluding carboxylic acids is 1. The van der Waals surface area contributed by atoms with E-state index in [1.807, 2.05) is 31.2 Å². The molecule has 0 atom stereocenters. The van der Waals surface area contributed by atoms with Crippen molar-refractivity contribution in [2.45, 2.75) is 13.5 Å². The average Bonchev–Trinajstić information content (AvgIpc) is 3.50. The molecule has 0 bridgehead atoms. The number of hydrogen-bond donors (Lipinski definition) is 0. The second-order valence-electron chi connectivity index (χ2n) is 7.03. The maximum Gasteiger partial charge on any atom is 0.348 e. The Labute approximate surface area is 184 Å². The molecule has 0 aliphatic rings. The Morgan fingerprint density at radius 1 is 1.28 bits per heavy atom. The van der Waals surface area contributed by atoms with Gasteiger partial charge in [0.15, 0.2) is 11.5 Å². The van der Waals surface area contributed by atoms with E-state index in [9.17, 15) is 14.9 Å². The van der Waals surface area contributed by atoms with Crippen LogP contribution in [-0.2, 0) is 11.3 Å². The number of nitro groups is 1. The van der Waals surface area contributed by atoms with Gasteiger partial charge in [-0.15, -0.1) is 16.4 Å². The van der Waals surface area contributed by atoms with Gasteiger partial charge in [-0.3, -0.25) is 14.8 Å². The zero-order valence-corrected chi connectivity index (χ0v) is 17.7. The number of rotatable bonds is 5. The predicted octanol–water partition coefficient (Wildman–Crippen LogP) is 3.25. The number of aryl methyl sites for hydroxylation is 1. The van der Waals surface area contributed by atoms with Gasteiger partial charge in [0, 0.05) is 5.56 Å². The summed E-state index contributed by atoms with van der Waals surface area (Å²) < 4.78 is 7.96. The van der Waals surface area contributed by atoms with E-state index in [-0.39, 0.29) is 5.69 Å². The van der Waals surface area contributed by atoms with Crippen molar-refractivity contribution in [1.29, 1.82) is 0 Å². The van der Waals surface area contributed by atoms with E-state index in [4.69, 9.17) is 4.74 Å². The van der Waals surface area contributed by atoms with E-state index in [1.165, 1.54) is 35.5 Å². The minimum atomic E-state index is -0.475. The lowest BCUT2D eigenvalue weighted by Crippen LogP contribution is -1.99. The van der Waals surface area contributed by atoms with Gasteiger partial charge in [0.05, 0.1) is 24.0 Å². The number of benzene rings is 1. The normalized spacial score (nSPS) is 11.3. The smallest absolute Gasteiger partial charge is 0.348 e. The maximum absolute atomic E-state index is 12.0. The molecular weight excluding hydrogens is 434 g/mol. The molecule has 0 radical (unpaired) electrons. The number of methoxy groups -OCH3 is 1. The van der Waals surface area contributed by atoms with Crippen LogP contribution in [0.4, 0.5) is 5.69 Å². The topological polar surface area (TPSA) is 130 Å². The third-order valence-electron chi connectivity index (χ3n) is 5.03. The highest BCUT2D eigenvalue weighted by Crippen LogP contribution is 2.32. The highest BCUT2D eigenvalue weighted by molar-refractivity contribution is 7.20. The first kappa shape index (κ1) is 19.8. The van der Waals surface area contributed by atoms with Gasteiger partial charge in [-0.2, -0.15) is 5.10 Å². The van der Waals surface area contributed by atoms with E-state index in [2.05, 4.69) is 20.2 Å². The molecule has 0 unspecified atom stereocenters. The standard InChI is InChI=1S/C20H15N7O4S/c1-11-15-18-23-17(24-26(18)10-21-19(15)32-16(11)20(28)31-2)13-5-3-12(4-6-13)8-25-9-14(7-22-25)27(29)30/h3-7,9-10H,8H2,1-2H3. The molecule has 0 aliphatic heterocycles. The largest absolute Gasteiger partial charge is 0.465 e. The lowest BCUT2D eigenvalue weighted by Gasteiger charge is -2.02. The average molecular weight is 449 g/mol. The highest BCUT2D eigenvalue weighted by atomic mass is 32.1. The van der Waals surface area contributed by atoms with Gasteiger partial charge in [-0.1, -0.05) is 24.3 Å². The first-order chi connectivity index (χ1) is 15.4. The van der Waals surface area contributed by atoms with Gasteiger partial charge in [0.2, 0.25) is 0 Å². The van der Waals surface area contributed by atoms with Crippen molar-refractivity contribution in [3.8, 4) is 11.4 Å². The van der Waals surface area contributed by atoms with Crippen molar-refractivity contribution in [3.63, 3.8) is 0 Å². The molecule has 12 heteroatoms. The van der Waals surface area contributed by atoms with Gasteiger partial charge in [-0.05, 0) is 18.1 Å². The van der Waals surface area contributed by atoms with Crippen LogP contribution in [0.1, 0.15) is 20.8 Å². The van der Waals surface area contributed by atoms with E-state index < -0.39 is 10.9 Å². The number of carbonyl (C=O) groups is 1. The number of aromatic nitrogens is 6. The summed E-state index contributed by atoms with van der Waals surface area (Å²) >= 11 is 1.27. The molecule has 0 saturated carbocycles. The van der Waals surface area contributed by atoms with Crippen LogP contribution in [-0.4, -0.2) is 47.4 Å². The third kappa shape index (κ3) is 3.26. The SMILES string of the molecule is COC(=O)c1sc2ncn3nc(-c4ccc(Cn5cc([N+](=O)[O-])cn5)cc4)nc3c2c1C. The van der Waals surface area contributed by atoms with Gasteiger partial charge < -0.3 is 4.74 Å². The van der Waals surface area contributed by atoms with E-state index in [0.717, 1.165) is 22.1 Å². The van der Waals surface area contributed by atoms with Gasteiger partial charge in [0.1, 0.15) is 28.4 Å². The molecule has 0 N–H and O–H groups in total.